The molecule has 35 heavy (non-hydrogen) atoms. The third-order valence-corrected chi connectivity index (χ3v) is 5.53. The third kappa shape index (κ3) is 9.90. The number of carbonyl (C=O) groups is 3. The molecule has 0 heterocycles. The molecule has 1 rings (SSSR count). The molecule has 0 fully saturated rings. The first-order valence-electron chi connectivity index (χ1n) is 12.8. The monoisotopic (exact) mass is 489 g/mol. The van der Waals surface area contributed by atoms with E-state index >= 15 is 0 Å². The molecule has 0 radical (unpaired) electrons. The molecule has 7 heteroatoms. The van der Waals surface area contributed by atoms with Gasteiger partial charge in [0.25, 0.3) is 0 Å². The molecular weight excluding hydrogens is 442 g/mol. The van der Waals surface area contributed by atoms with E-state index in [0.29, 0.717) is 12.8 Å². The molecule has 0 bridgehead atoms. The fourth-order valence-corrected chi connectivity index (χ4v) is 4.09. The topological polar surface area (TPSA) is 87.7 Å². The summed E-state index contributed by atoms with van der Waals surface area (Å²) in [5.74, 6) is -0.386. The molecule has 0 aliphatic heterocycles. The van der Waals surface area contributed by atoms with Crippen molar-refractivity contribution in [3.63, 3.8) is 0 Å². The fourth-order valence-electron chi connectivity index (χ4n) is 4.09. The smallest absolute Gasteiger partial charge is 0.408 e. The Morgan fingerprint density at radius 2 is 1.49 bits per heavy atom. The molecule has 0 saturated carbocycles. The summed E-state index contributed by atoms with van der Waals surface area (Å²) < 4.78 is 5.44. The molecule has 0 saturated heterocycles. The van der Waals surface area contributed by atoms with Gasteiger partial charge in [-0.15, -0.1) is 0 Å². The lowest BCUT2D eigenvalue weighted by molar-refractivity contribution is -0.145. The van der Waals surface area contributed by atoms with Crippen LogP contribution in [0.4, 0.5) is 4.79 Å². The minimum atomic E-state index is -0.825. The van der Waals surface area contributed by atoms with E-state index < -0.39 is 23.8 Å². The van der Waals surface area contributed by atoms with Gasteiger partial charge >= 0.3 is 6.09 Å². The number of aryl methyl sites for hydroxylation is 2. The second-order valence-electron chi connectivity index (χ2n) is 11.3. The Bertz CT molecular complexity index is 853. The van der Waals surface area contributed by atoms with E-state index in [1.54, 1.807) is 25.7 Å². The van der Waals surface area contributed by atoms with Crippen LogP contribution in [0.15, 0.2) is 18.2 Å². The van der Waals surface area contributed by atoms with Gasteiger partial charge in [-0.3, -0.25) is 9.59 Å². The summed E-state index contributed by atoms with van der Waals surface area (Å²) in [7, 11) is 0. The SMILES string of the molecule is CCC(C)N(C(=O)C(CC(C)C)NC(=O)OC(C)(C)C)C(C(=O)NC(C)C)c1cc(C)cc(C)c1. The minimum Gasteiger partial charge on any atom is -0.444 e. The Morgan fingerprint density at radius 1 is 0.943 bits per heavy atom. The number of nitrogens with zero attached hydrogens (tertiary/aromatic N) is 1. The van der Waals surface area contributed by atoms with Crippen LogP contribution in [0.2, 0.25) is 0 Å². The molecule has 3 atom stereocenters. The van der Waals surface area contributed by atoms with E-state index in [-0.39, 0.29) is 29.8 Å². The van der Waals surface area contributed by atoms with Crippen molar-refractivity contribution in [3.8, 4) is 0 Å². The van der Waals surface area contributed by atoms with E-state index in [0.717, 1.165) is 16.7 Å². The predicted octanol–water partition coefficient (Wildman–Crippen LogP) is 5.44. The van der Waals surface area contributed by atoms with Gasteiger partial charge in [-0.25, -0.2) is 4.79 Å². The standard InChI is InChI=1S/C28H47N3O4/c1-12-21(8)31(26(33)23(13-17(2)3)30-27(34)35-28(9,10)11)24(25(32)29-18(4)5)22-15-19(6)14-20(7)16-22/h14-18,21,23-24H,12-13H2,1-11H3,(H,29,32)(H,30,34). The normalized spacial score (nSPS) is 14.3. The summed E-state index contributed by atoms with van der Waals surface area (Å²) in [4.78, 5) is 42.0. The van der Waals surface area contributed by atoms with E-state index in [4.69, 9.17) is 4.74 Å². The molecule has 3 unspecified atom stereocenters. The first-order valence-corrected chi connectivity index (χ1v) is 12.8. The first-order chi connectivity index (χ1) is 16.0. The van der Waals surface area contributed by atoms with Crippen molar-refractivity contribution in [2.24, 2.45) is 5.92 Å². The summed E-state index contributed by atoms with van der Waals surface area (Å²) in [6.07, 6.45) is 0.439. The van der Waals surface area contributed by atoms with Gasteiger partial charge < -0.3 is 20.3 Å². The Labute approximate surface area is 212 Å². The van der Waals surface area contributed by atoms with E-state index in [1.807, 2.05) is 73.6 Å². The van der Waals surface area contributed by atoms with Crippen molar-refractivity contribution in [1.29, 1.82) is 0 Å². The van der Waals surface area contributed by atoms with E-state index in [2.05, 4.69) is 10.6 Å². The highest BCUT2D eigenvalue weighted by Crippen LogP contribution is 2.29. The minimum absolute atomic E-state index is 0.0869. The zero-order chi connectivity index (χ0) is 27.1. The summed E-state index contributed by atoms with van der Waals surface area (Å²) in [5.41, 5.74) is 2.11. The average molecular weight is 490 g/mol. The number of alkyl carbamates (subject to hydrolysis) is 1. The van der Waals surface area contributed by atoms with Gasteiger partial charge in [-0.05, 0) is 79.7 Å². The number of rotatable bonds is 10. The molecule has 1 aromatic carbocycles. The summed E-state index contributed by atoms with van der Waals surface area (Å²) in [5, 5.41) is 5.79. The molecule has 1 aromatic rings. The van der Waals surface area contributed by atoms with Crippen molar-refractivity contribution in [1.82, 2.24) is 15.5 Å². The van der Waals surface area contributed by atoms with E-state index in [9.17, 15) is 14.4 Å². The Hall–Kier alpha value is -2.57. The fraction of sp³-hybridized carbons (Fsp3) is 0.679. The van der Waals surface area contributed by atoms with Crippen LogP contribution in [0.25, 0.3) is 0 Å². The van der Waals surface area contributed by atoms with Crippen molar-refractivity contribution in [2.75, 3.05) is 0 Å². The van der Waals surface area contributed by atoms with Crippen molar-refractivity contribution in [2.45, 2.75) is 119 Å². The van der Waals surface area contributed by atoms with Crippen LogP contribution < -0.4 is 10.6 Å². The Morgan fingerprint density at radius 3 is 1.91 bits per heavy atom. The van der Waals surface area contributed by atoms with Crippen LogP contribution in [-0.2, 0) is 14.3 Å². The van der Waals surface area contributed by atoms with Crippen molar-refractivity contribution < 1.29 is 19.1 Å². The molecular formula is C28H47N3O4. The molecule has 3 amide bonds. The molecule has 2 N–H and O–H groups in total. The van der Waals surface area contributed by atoms with Crippen LogP contribution in [0.3, 0.4) is 0 Å². The number of nitrogens with one attached hydrogen (secondary N) is 2. The molecule has 7 nitrogen and oxygen atoms in total. The first kappa shape index (κ1) is 30.5. The highest BCUT2D eigenvalue weighted by atomic mass is 16.6. The summed E-state index contributed by atoms with van der Waals surface area (Å²) in [6, 6.07) is 3.99. The maximum Gasteiger partial charge on any atom is 0.408 e. The summed E-state index contributed by atoms with van der Waals surface area (Å²) >= 11 is 0. The van der Waals surface area contributed by atoms with Gasteiger partial charge in [0.05, 0.1) is 0 Å². The van der Waals surface area contributed by atoms with Crippen LogP contribution >= 0.6 is 0 Å². The van der Waals surface area contributed by atoms with Gasteiger partial charge in [0, 0.05) is 12.1 Å². The number of carbonyl (C=O) groups excluding carboxylic acids is 3. The van der Waals surface area contributed by atoms with Crippen molar-refractivity contribution in [3.05, 3.63) is 34.9 Å². The number of hydrogen-bond donors (Lipinski definition) is 2. The lowest BCUT2D eigenvalue weighted by Crippen LogP contribution is -2.56. The molecule has 0 aliphatic carbocycles. The number of benzene rings is 1. The Balaban J connectivity index is 3.58. The largest absolute Gasteiger partial charge is 0.444 e. The number of ether oxygens (including phenoxy) is 1. The van der Waals surface area contributed by atoms with Crippen LogP contribution in [0.1, 0.15) is 97.9 Å². The third-order valence-electron chi connectivity index (χ3n) is 5.53. The predicted molar refractivity (Wildman–Crippen MR) is 141 cm³/mol. The van der Waals surface area contributed by atoms with Gasteiger partial charge in [0.1, 0.15) is 17.7 Å². The van der Waals surface area contributed by atoms with Gasteiger partial charge in [-0.1, -0.05) is 50.1 Å². The number of hydrogen-bond acceptors (Lipinski definition) is 4. The maximum atomic E-state index is 14.1. The quantitative estimate of drug-likeness (QED) is 0.458. The van der Waals surface area contributed by atoms with Crippen molar-refractivity contribution >= 4 is 17.9 Å². The average Bonchev–Trinajstić information content (AvgIpc) is 2.67. The van der Waals surface area contributed by atoms with E-state index in [1.165, 1.54) is 0 Å². The second kappa shape index (κ2) is 12.9. The van der Waals surface area contributed by atoms with Gasteiger partial charge in [0.2, 0.25) is 11.8 Å². The molecule has 0 aliphatic rings. The lowest BCUT2D eigenvalue weighted by Gasteiger charge is -2.39. The second-order valence-corrected chi connectivity index (χ2v) is 11.3. The maximum absolute atomic E-state index is 14.1. The Kier molecular flexibility index (Phi) is 11.3. The summed E-state index contributed by atoms with van der Waals surface area (Å²) in [6.45, 7) is 21.0. The van der Waals surface area contributed by atoms with Crippen LogP contribution in [0.5, 0.6) is 0 Å². The van der Waals surface area contributed by atoms with Crippen LogP contribution in [0, 0.1) is 19.8 Å². The van der Waals surface area contributed by atoms with Gasteiger partial charge in [0.15, 0.2) is 0 Å². The van der Waals surface area contributed by atoms with Crippen LogP contribution in [-0.4, -0.2) is 46.5 Å². The zero-order valence-electron chi connectivity index (χ0n) is 23.6. The highest BCUT2D eigenvalue weighted by molar-refractivity contribution is 5.92. The van der Waals surface area contributed by atoms with Gasteiger partial charge in [-0.2, -0.15) is 0 Å². The highest BCUT2D eigenvalue weighted by Gasteiger charge is 2.39. The molecule has 198 valence electrons. The zero-order valence-corrected chi connectivity index (χ0v) is 23.6. The molecule has 0 aromatic heterocycles. The molecule has 0 spiro atoms. The lowest BCUT2D eigenvalue weighted by atomic mass is 9.95. The number of amides is 3.